The van der Waals surface area contributed by atoms with Crippen molar-refractivity contribution < 1.29 is 8.78 Å². The Balaban J connectivity index is 0.00000180. The van der Waals surface area contributed by atoms with Crippen LogP contribution in [0.5, 0.6) is 0 Å². The van der Waals surface area contributed by atoms with Gasteiger partial charge in [-0.05, 0) is 54.5 Å². The van der Waals surface area contributed by atoms with Crippen LogP contribution in [0.4, 0.5) is 8.78 Å². The van der Waals surface area contributed by atoms with Gasteiger partial charge in [-0.1, -0.05) is 0 Å². The molecule has 1 N–H and O–H groups in total. The van der Waals surface area contributed by atoms with E-state index in [1.807, 2.05) is 7.05 Å². The summed E-state index contributed by atoms with van der Waals surface area (Å²) in [6.45, 7) is 2.06. The smallest absolute Gasteiger partial charge is 0.144 e. The molecule has 0 saturated carbocycles. The van der Waals surface area contributed by atoms with E-state index in [9.17, 15) is 8.78 Å². The molecular weight excluding hydrogens is 338 g/mol. The molecule has 0 aliphatic carbocycles. The Labute approximate surface area is 127 Å². The molecule has 19 heavy (non-hydrogen) atoms. The summed E-state index contributed by atoms with van der Waals surface area (Å²) in [6, 6.07) is 3.12. The summed E-state index contributed by atoms with van der Waals surface area (Å²) < 4.78 is 27.8. The van der Waals surface area contributed by atoms with Gasteiger partial charge in [0.15, 0.2) is 0 Å². The van der Waals surface area contributed by atoms with Crippen LogP contribution >= 0.6 is 28.3 Å². The number of nitrogens with one attached hydrogen (secondary N) is 1. The first-order chi connectivity index (χ1) is 8.61. The number of halogens is 4. The quantitative estimate of drug-likeness (QED) is 0.837. The summed E-state index contributed by atoms with van der Waals surface area (Å²) in [5, 5.41) is 3.22. The molecule has 2 rings (SSSR count). The van der Waals surface area contributed by atoms with Crippen LogP contribution in [-0.4, -0.2) is 31.1 Å². The molecule has 1 saturated heterocycles. The zero-order valence-corrected chi connectivity index (χ0v) is 13.2. The lowest BCUT2D eigenvalue weighted by Gasteiger charge is -2.32. The van der Waals surface area contributed by atoms with E-state index in [1.54, 1.807) is 0 Å². The average molecular weight is 356 g/mol. The molecular formula is C13H18BrClF2N2. The van der Waals surface area contributed by atoms with E-state index in [1.165, 1.54) is 12.1 Å². The number of likely N-dealkylation sites (tertiary alicyclic amines) is 1. The fourth-order valence-electron chi connectivity index (χ4n) is 2.37. The molecule has 1 aliphatic rings. The lowest BCUT2D eigenvalue weighted by Crippen LogP contribution is -2.44. The Morgan fingerprint density at radius 3 is 2.84 bits per heavy atom. The number of hydrogen-bond donors (Lipinski definition) is 1. The van der Waals surface area contributed by atoms with Gasteiger partial charge in [-0.3, -0.25) is 4.90 Å². The second-order valence-electron chi connectivity index (χ2n) is 4.68. The Morgan fingerprint density at radius 2 is 2.16 bits per heavy atom. The maximum atomic E-state index is 13.9. The first kappa shape index (κ1) is 16.8. The second kappa shape index (κ2) is 7.53. The van der Waals surface area contributed by atoms with Crippen LogP contribution in [0.25, 0.3) is 0 Å². The lowest BCUT2D eigenvalue weighted by molar-refractivity contribution is 0.183. The zero-order valence-electron chi connectivity index (χ0n) is 10.8. The highest BCUT2D eigenvalue weighted by Gasteiger charge is 2.21. The molecule has 1 aromatic carbocycles. The summed E-state index contributed by atoms with van der Waals surface area (Å²) in [5.74, 6) is -0.955. The molecule has 0 bridgehead atoms. The number of benzene rings is 1. The van der Waals surface area contributed by atoms with E-state index >= 15 is 0 Å². The summed E-state index contributed by atoms with van der Waals surface area (Å²) in [5.41, 5.74) is 0.154. The zero-order chi connectivity index (χ0) is 13.1. The Bertz CT molecular complexity index is 431. The highest BCUT2D eigenvalue weighted by Crippen LogP contribution is 2.24. The van der Waals surface area contributed by atoms with Gasteiger partial charge in [-0.25, -0.2) is 8.78 Å². The van der Waals surface area contributed by atoms with Crippen molar-refractivity contribution in [2.24, 2.45) is 0 Å². The van der Waals surface area contributed by atoms with Crippen LogP contribution in [-0.2, 0) is 6.54 Å². The highest BCUT2D eigenvalue weighted by atomic mass is 79.9. The van der Waals surface area contributed by atoms with Crippen molar-refractivity contribution in [2.45, 2.75) is 25.4 Å². The van der Waals surface area contributed by atoms with Crippen molar-refractivity contribution >= 4 is 28.3 Å². The molecule has 0 amide bonds. The normalized spacial score (nSPS) is 20.1. The van der Waals surface area contributed by atoms with Crippen molar-refractivity contribution in [1.82, 2.24) is 10.2 Å². The van der Waals surface area contributed by atoms with Gasteiger partial charge in [-0.2, -0.15) is 0 Å². The van der Waals surface area contributed by atoms with E-state index in [0.29, 0.717) is 17.1 Å². The molecule has 1 aliphatic heterocycles. The van der Waals surface area contributed by atoms with E-state index in [0.717, 1.165) is 25.9 Å². The molecule has 0 radical (unpaired) electrons. The largest absolute Gasteiger partial charge is 0.316 e. The van der Waals surface area contributed by atoms with Gasteiger partial charge in [0, 0.05) is 24.7 Å². The molecule has 1 unspecified atom stereocenters. The minimum Gasteiger partial charge on any atom is -0.316 e. The van der Waals surface area contributed by atoms with Gasteiger partial charge in [-0.15, -0.1) is 12.4 Å². The van der Waals surface area contributed by atoms with Crippen LogP contribution in [0.1, 0.15) is 18.4 Å². The van der Waals surface area contributed by atoms with E-state index in [2.05, 4.69) is 26.1 Å². The SMILES string of the molecule is CNC1CCCN(Cc2c(F)ccc(Br)c2F)C1.Cl. The molecule has 2 nitrogen and oxygen atoms in total. The third-order valence-corrected chi connectivity index (χ3v) is 4.05. The van der Waals surface area contributed by atoms with Gasteiger partial charge >= 0.3 is 0 Å². The summed E-state index contributed by atoms with van der Waals surface area (Å²) >= 11 is 3.10. The minimum atomic E-state index is -0.485. The Kier molecular flexibility index (Phi) is 6.66. The van der Waals surface area contributed by atoms with Crippen molar-refractivity contribution in [3.8, 4) is 0 Å². The van der Waals surface area contributed by atoms with Crippen LogP contribution in [0.3, 0.4) is 0 Å². The van der Waals surface area contributed by atoms with Crippen molar-refractivity contribution in [2.75, 3.05) is 20.1 Å². The van der Waals surface area contributed by atoms with Crippen LogP contribution in [0, 0.1) is 11.6 Å². The predicted octanol–water partition coefficient (Wildman–Crippen LogP) is 3.33. The lowest BCUT2D eigenvalue weighted by atomic mass is 10.0. The van der Waals surface area contributed by atoms with Crippen molar-refractivity contribution in [3.63, 3.8) is 0 Å². The third kappa shape index (κ3) is 4.12. The molecule has 0 aromatic heterocycles. The molecule has 1 heterocycles. The number of likely N-dealkylation sites (N-methyl/N-ethyl adjacent to an activating group) is 1. The average Bonchev–Trinajstić information content (AvgIpc) is 2.39. The van der Waals surface area contributed by atoms with Crippen LogP contribution < -0.4 is 5.32 Å². The first-order valence-electron chi connectivity index (χ1n) is 6.14. The third-order valence-electron chi connectivity index (χ3n) is 3.43. The van der Waals surface area contributed by atoms with Crippen molar-refractivity contribution in [1.29, 1.82) is 0 Å². The predicted molar refractivity (Wildman–Crippen MR) is 78.7 cm³/mol. The topological polar surface area (TPSA) is 15.3 Å². The molecule has 0 spiro atoms. The Hall–Kier alpha value is -0.230. The molecule has 6 heteroatoms. The minimum absolute atomic E-state index is 0. The summed E-state index contributed by atoms with van der Waals surface area (Å²) in [6.07, 6.45) is 2.18. The summed E-state index contributed by atoms with van der Waals surface area (Å²) in [7, 11) is 1.93. The summed E-state index contributed by atoms with van der Waals surface area (Å²) in [4.78, 5) is 2.10. The monoisotopic (exact) mass is 354 g/mol. The molecule has 1 fully saturated rings. The number of hydrogen-bond acceptors (Lipinski definition) is 2. The fraction of sp³-hybridized carbons (Fsp3) is 0.538. The first-order valence-corrected chi connectivity index (χ1v) is 6.93. The molecule has 108 valence electrons. The van der Waals surface area contributed by atoms with Crippen molar-refractivity contribution in [3.05, 3.63) is 33.8 Å². The Morgan fingerprint density at radius 1 is 1.42 bits per heavy atom. The van der Waals surface area contributed by atoms with E-state index < -0.39 is 11.6 Å². The maximum absolute atomic E-state index is 13.9. The maximum Gasteiger partial charge on any atom is 0.144 e. The van der Waals surface area contributed by atoms with Crippen LogP contribution in [0.2, 0.25) is 0 Å². The van der Waals surface area contributed by atoms with E-state index in [-0.39, 0.29) is 18.0 Å². The number of rotatable bonds is 3. The number of nitrogens with zero attached hydrogens (tertiary/aromatic N) is 1. The standard InChI is InChI=1S/C13H17BrF2N2.ClH/c1-17-9-3-2-6-18(7-9)8-10-12(15)5-4-11(14)13(10)16;/h4-5,9,17H,2-3,6-8H2,1H3;1H. The second-order valence-corrected chi connectivity index (χ2v) is 5.54. The molecule has 1 aromatic rings. The van der Waals surface area contributed by atoms with Gasteiger partial charge in [0.1, 0.15) is 11.6 Å². The highest BCUT2D eigenvalue weighted by molar-refractivity contribution is 9.10. The van der Waals surface area contributed by atoms with E-state index in [4.69, 9.17) is 0 Å². The number of piperidine rings is 1. The van der Waals surface area contributed by atoms with Gasteiger partial charge < -0.3 is 5.32 Å². The van der Waals surface area contributed by atoms with Gasteiger partial charge in [0.25, 0.3) is 0 Å². The van der Waals surface area contributed by atoms with Crippen LogP contribution in [0.15, 0.2) is 16.6 Å². The van der Waals surface area contributed by atoms with Gasteiger partial charge in [0.05, 0.1) is 4.47 Å². The fourth-order valence-corrected chi connectivity index (χ4v) is 2.74. The molecule has 1 atom stereocenters. The van der Waals surface area contributed by atoms with Gasteiger partial charge in [0.2, 0.25) is 0 Å².